The molecular formula is C20H22N2O4S. The predicted molar refractivity (Wildman–Crippen MR) is 104 cm³/mol. The van der Waals surface area contributed by atoms with E-state index in [1.54, 1.807) is 49.6 Å². The van der Waals surface area contributed by atoms with Gasteiger partial charge in [-0.1, -0.05) is 17.7 Å². The molecule has 0 aliphatic rings. The number of nitrogens with zero attached hydrogens (tertiary/aromatic N) is 2. The van der Waals surface area contributed by atoms with Gasteiger partial charge in [0.15, 0.2) is 17.3 Å². The molecule has 2 aromatic carbocycles. The van der Waals surface area contributed by atoms with Crippen LogP contribution in [0, 0.1) is 6.92 Å². The lowest BCUT2D eigenvalue weighted by atomic mass is 10.2. The SMILES string of the molecule is COc1cc(-c2nccn2S(=O)(=O)c2ccc(C)cc2)ccc1OC(C)C. The molecule has 1 heterocycles. The number of benzene rings is 2. The first-order valence-corrected chi connectivity index (χ1v) is 9.97. The summed E-state index contributed by atoms with van der Waals surface area (Å²) in [7, 11) is -2.21. The highest BCUT2D eigenvalue weighted by Crippen LogP contribution is 2.33. The summed E-state index contributed by atoms with van der Waals surface area (Å²) in [5, 5.41) is 0. The molecule has 6 nitrogen and oxygen atoms in total. The Balaban J connectivity index is 2.06. The summed E-state index contributed by atoms with van der Waals surface area (Å²) < 4.78 is 38.4. The predicted octanol–water partition coefficient (Wildman–Crippen LogP) is 3.89. The molecule has 3 aromatic rings. The second-order valence-electron chi connectivity index (χ2n) is 6.40. The molecule has 0 radical (unpaired) electrons. The minimum Gasteiger partial charge on any atom is -0.493 e. The maximum Gasteiger partial charge on any atom is 0.269 e. The Morgan fingerprint density at radius 3 is 2.37 bits per heavy atom. The van der Waals surface area contributed by atoms with Crippen LogP contribution >= 0.6 is 0 Å². The van der Waals surface area contributed by atoms with Crippen LogP contribution < -0.4 is 9.47 Å². The van der Waals surface area contributed by atoms with Crippen LogP contribution in [0.4, 0.5) is 0 Å². The van der Waals surface area contributed by atoms with Gasteiger partial charge in [0.1, 0.15) is 0 Å². The minimum atomic E-state index is -3.76. The van der Waals surface area contributed by atoms with E-state index in [1.165, 1.54) is 16.4 Å². The number of hydrogen-bond donors (Lipinski definition) is 0. The van der Waals surface area contributed by atoms with Crippen LogP contribution in [0.2, 0.25) is 0 Å². The summed E-state index contributed by atoms with van der Waals surface area (Å²) in [5.74, 6) is 1.42. The van der Waals surface area contributed by atoms with Crippen molar-refractivity contribution in [3.8, 4) is 22.9 Å². The van der Waals surface area contributed by atoms with Crippen molar-refractivity contribution in [2.24, 2.45) is 0 Å². The van der Waals surface area contributed by atoms with E-state index in [4.69, 9.17) is 9.47 Å². The topological polar surface area (TPSA) is 70.4 Å². The third-order valence-corrected chi connectivity index (χ3v) is 5.65. The molecule has 0 saturated heterocycles. The van der Waals surface area contributed by atoms with E-state index in [2.05, 4.69) is 4.98 Å². The highest BCUT2D eigenvalue weighted by molar-refractivity contribution is 7.90. The summed E-state index contributed by atoms with van der Waals surface area (Å²) in [6.45, 7) is 5.76. The Bertz CT molecular complexity index is 1040. The third kappa shape index (κ3) is 3.83. The quantitative estimate of drug-likeness (QED) is 0.643. The lowest BCUT2D eigenvalue weighted by Gasteiger charge is -2.15. The van der Waals surface area contributed by atoms with Crippen LogP contribution in [-0.4, -0.2) is 30.6 Å². The summed E-state index contributed by atoms with van der Waals surface area (Å²) in [6, 6.07) is 12.0. The fourth-order valence-corrected chi connectivity index (χ4v) is 3.97. The normalized spacial score (nSPS) is 11.6. The second-order valence-corrected chi connectivity index (χ2v) is 8.21. The van der Waals surface area contributed by atoms with Gasteiger partial charge >= 0.3 is 0 Å². The average molecular weight is 386 g/mol. The molecule has 0 atom stereocenters. The van der Waals surface area contributed by atoms with Gasteiger partial charge in [-0.2, -0.15) is 0 Å². The fourth-order valence-electron chi connectivity index (χ4n) is 2.67. The van der Waals surface area contributed by atoms with Crippen molar-refractivity contribution in [3.05, 3.63) is 60.4 Å². The van der Waals surface area contributed by atoms with E-state index in [0.29, 0.717) is 22.9 Å². The fraction of sp³-hybridized carbons (Fsp3) is 0.250. The van der Waals surface area contributed by atoms with Crippen molar-refractivity contribution < 1.29 is 17.9 Å². The molecule has 3 rings (SSSR count). The summed E-state index contributed by atoms with van der Waals surface area (Å²) >= 11 is 0. The van der Waals surface area contributed by atoms with Crippen molar-refractivity contribution >= 4 is 10.0 Å². The summed E-state index contributed by atoms with van der Waals surface area (Å²) in [6.07, 6.45) is 2.90. The van der Waals surface area contributed by atoms with Gasteiger partial charge in [-0.15, -0.1) is 0 Å². The van der Waals surface area contributed by atoms with E-state index >= 15 is 0 Å². The zero-order chi connectivity index (χ0) is 19.6. The maximum absolute atomic E-state index is 13.0. The molecule has 0 unspecified atom stereocenters. The van der Waals surface area contributed by atoms with Gasteiger partial charge in [0, 0.05) is 18.0 Å². The Kier molecular flexibility index (Phi) is 5.23. The Hall–Kier alpha value is -2.80. The molecule has 0 bridgehead atoms. The molecule has 0 amide bonds. The van der Waals surface area contributed by atoms with Gasteiger partial charge in [-0.3, -0.25) is 0 Å². The van der Waals surface area contributed by atoms with Gasteiger partial charge < -0.3 is 9.47 Å². The zero-order valence-electron chi connectivity index (χ0n) is 15.7. The van der Waals surface area contributed by atoms with Crippen molar-refractivity contribution in [2.45, 2.75) is 31.8 Å². The molecule has 0 spiro atoms. The van der Waals surface area contributed by atoms with Crippen LogP contribution in [0.5, 0.6) is 11.5 Å². The van der Waals surface area contributed by atoms with E-state index in [-0.39, 0.29) is 11.0 Å². The minimum absolute atomic E-state index is 0.00588. The van der Waals surface area contributed by atoms with Gasteiger partial charge in [-0.05, 0) is 51.1 Å². The zero-order valence-corrected chi connectivity index (χ0v) is 16.5. The van der Waals surface area contributed by atoms with Gasteiger partial charge in [0.2, 0.25) is 0 Å². The first kappa shape index (κ1) is 19.0. The molecule has 7 heteroatoms. The molecule has 0 saturated carbocycles. The lowest BCUT2D eigenvalue weighted by molar-refractivity contribution is 0.230. The number of aromatic nitrogens is 2. The average Bonchev–Trinajstić information content (AvgIpc) is 3.12. The van der Waals surface area contributed by atoms with Crippen LogP contribution in [0.15, 0.2) is 59.8 Å². The van der Waals surface area contributed by atoms with Crippen molar-refractivity contribution in [1.82, 2.24) is 8.96 Å². The van der Waals surface area contributed by atoms with Crippen LogP contribution in [0.1, 0.15) is 19.4 Å². The molecule has 0 aliphatic heterocycles. The van der Waals surface area contributed by atoms with E-state index in [1.807, 2.05) is 20.8 Å². The monoisotopic (exact) mass is 386 g/mol. The molecule has 0 fully saturated rings. The summed E-state index contributed by atoms with van der Waals surface area (Å²) in [4.78, 5) is 4.46. The number of aryl methyl sites for hydroxylation is 1. The first-order valence-electron chi connectivity index (χ1n) is 8.53. The van der Waals surface area contributed by atoms with Crippen LogP contribution in [-0.2, 0) is 10.0 Å². The molecule has 142 valence electrons. The second kappa shape index (κ2) is 7.44. The van der Waals surface area contributed by atoms with Gasteiger partial charge in [-0.25, -0.2) is 17.4 Å². The number of rotatable bonds is 6. The maximum atomic E-state index is 13.0. The number of imidazole rings is 1. The number of hydrogen-bond acceptors (Lipinski definition) is 5. The molecule has 1 aromatic heterocycles. The highest BCUT2D eigenvalue weighted by Gasteiger charge is 2.22. The molecular weight excluding hydrogens is 364 g/mol. The molecule has 27 heavy (non-hydrogen) atoms. The van der Waals surface area contributed by atoms with Crippen molar-refractivity contribution in [2.75, 3.05) is 7.11 Å². The number of ether oxygens (including phenoxy) is 2. The van der Waals surface area contributed by atoms with Crippen molar-refractivity contribution in [3.63, 3.8) is 0 Å². The van der Waals surface area contributed by atoms with E-state index in [0.717, 1.165) is 5.56 Å². The Labute approximate surface area is 159 Å². The molecule has 0 aliphatic carbocycles. The molecule has 0 N–H and O–H groups in total. The van der Waals surface area contributed by atoms with E-state index < -0.39 is 10.0 Å². The Morgan fingerprint density at radius 1 is 1.04 bits per heavy atom. The largest absolute Gasteiger partial charge is 0.493 e. The first-order chi connectivity index (χ1) is 12.8. The standard InChI is InChI=1S/C20H22N2O4S/c1-14(2)26-18-10-7-16(13-19(18)25-4)20-21-11-12-22(20)27(23,24)17-8-5-15(3)6-9-17/h5-14H,1-4H3. The summed E-state index contributed by atoms with van der Waals surface area (Å²) in [5.41, 5.74) is 1.61. The van der Waals surface area contributed by atoms with Gasteiger partial charge in [0.05, 0.1) is 18.1 Å². The highest BCUT2D eigenvalue weighted by atomic mass is 32.2. The smallest absolute Gasteiger partial charge is 0.269 e. The van der Waals surface area contributed by atoms with E-state index in [9.17, 15) is 8.42 Å². The van der Waals surface area contributed by atoms with Gasteiger partial charge in [0.25, 0.3) is 10.0 Å². The van der Waals surface area contributed by atoms with Crippen LogP contribution in [0.25, 0.3) is 11.4 Å². The Morgan fingerprint density at radius 2 is 1.74 bits per heavy atom. The third-order valence-electron chi connectivity index (χ3n) is 3.97. The lowest BCUT2D eigenvalue weighted by Crippen LogP contribution is -2.13. The van der Waals surface area contributed by atoms with Crippen molar-refractivity contribution in [1.29, 1.82) is 0 Å². The number of methoxy groups -OCH3 is 1. The van der Waals surface area contributed by atoms with Crippen LogP contribution in [0.3, 0.4) is 0 Å².